The Hall–Kier alpha value is -3.33. The van der Waals surface area contributed by atoms with E-state index in [2.05, 4.69) is 25.4 Å². The van der Waals surface area contributed by atoms with Crippen LogP contribution >= 0.6 is 11.8 Å². The van der Waals surface area contributed by atoms with Crippen molar-refractivity contribution in [3.8, 4) is 0 Å². The molecule has 0 spiro atoms. The summed E-state index contributed by atoms with van der Waals surface area (Å²) in [4.78, 5) is 46.2. The first-order chi connectivity index (χ1) is 17.1. The van der Waals surface area contributed by atoms with Crippen LogP contribution in [-0.4, -0.2) is 59.2 Å². The molecular weight excluding hydrogens is 462 g/mol. The summed E-state index contributed by atoms with van der Waals surface area (Å²) in [6, 6.07) is 14.6. The van der Waals surface area contributed by atoms with Crippen LogP contribution in [0.15, 0.2) is 53.5 Å². The maximum atomic E-state index is 12.8. The minimum atomic E-state index is -0.480. The van der Waals surface area contributed by atoms with Gasteiger partial charge in [-0.3, -0.25) is 14.4 Å². The molecule has 2 saturated heterocycles. The second-order valence-corrected chi connectivity index (χ2v) is 10.2. The van der Waals surface area contributed by atoms with Gasteiger partial charge in [-0.15, -0.1) is 0 Å². The van der Waals surface area contributed by atoms with E-state index < -0.39 is 5.25 Å². The van der Waals surface area contributed by atoms with Crippen molar-refractivity contribution in [3.63, 3.8) is 0 Å². The van der Waals surface area contributed by atoms with Gasteiger partial charge in [-0.1, -0.05) is 23.9 Å². The van der Waals surface area contributed by atoms with E-state index >= 15 is 0 Å². The number of rotatable bonds is 6. The number of anilines is 3. The van der Waals surface area contributed by atoms with Crippen molar-refractivity contribution in [3.05, 3.63) is 54.1 Å². The molecule has 0 saturated carbocycles. The summed E-state index contributed by atoms with van der Waals surface area (Å²) in [5, 5.41) is 6.11. The smallest absolute Gasteiger partial charge is 0.262 e. The van der Waals surface area contributed by atoms with Crippen LogP contribution in [0.5, 0.6) is 0 Å². The predicted octanol–water partition coefficient (Wildman–Crippen LogP) is 3.96. The molecule has 9 heteroatoms. The maximum absolute atomic E-state index is 12.8. The van der Waals surface area contributed by atoms with Gasteiger partial charge in [0.2, 0.25) is 5.91 Å². The van der Waals surface area contributed by atoms with Gasteiger partial charge in [0.15, 0.2) is 5.17 Å². The van der Waals surface area contributed by atoms with Gasteiger partial charge in [-0.2, -0.15) is 4.99 Å². The molecule has 8 nitrogen and oxygen atoms in total. The number of benzene rings is 2. The van der Waals surface area contributed by atoms with Crippen LogP contribution in [-0.2, 0) is 9.59 Å². The van der Waals surface area contributed by atoms with E-state index in [0.717, 1.165) is 68.4 Å². The van der Waals surface area contributed by atoms with Gasteiger partial charge in [0.05, 0.1) is 11.4 Å². The van der Waals surface area contributed by atoms with Crippen molar-refractivity contribution in [1.29, 1.82) is 0 Å². The Morgan fingerprint density at radius 1 is 0.886 bits per heavy atom. The molecule has 0 bridgehead atoms. The molecule has 2 aromatic rings. The zero-order chi connectivity index (χ0) is 24.2. The lowest BCUT2D eigenvalue weighted by Gasteiger charge is -2.21. The maximum Gasteiger partial charge on any atom is 0.262 e. The van der Waals surface area contributed by atoms with Crippen molar-refractivity contribution in [2.75, 3.05) is 41.7 Å². The highest BCUT2D eigenvalue weighted by atomic mass is 32.2. The molecule has 0 aliphatic carbocycles. The van der Waals surface area contributed by atoms with Crippen LogP contribution in [0.2, 0.25) is 0 Å². The number of para-hydroxylation sites is 2. The summed E-state index contributed by atoms with van der Waals surface area (Å²) in [6.07, 6.45) is 4.61. The Morgan fingerprint density at radius 3 is 2.26 bits per heavy atom. The Labute approximate surface area is 209 Å². The number of nitrogens with one attached hydrogen (secondary N) is 2. The number of carbonyl (C=O) groups excluding carboxylic acids is 3. The lowest BCUT2D eigenvalue weighted by molar-refractivity contribution is -0.121. The number of hydrogen-bond acceptors (Lipinski definition) is 6. The van der Waals surface area contributed by atoms with Gasteiger partial charge in [-0.25, -0.2) is 0 Å². The van der Waals surface area contributed by atoms with E-state index in [9.17, 15) is 14.4 Å². The summed E-state index contributed by atoms with van der Waals surface area (Å²) in [5.41, 5.74) is 2.93. The normalized spacial score (nSPS) is 19.7. The second-order valence-electron chi connectivity index (χ2n) is 9.03. The average molecular weight is 492 g/mol. The molecule has 3 aliphatic heterocycles. The first kappa shape index (κ1) is 23.4. The number of likely N-dealkylation sites (tertiary alicyclic amines) is 1. The highest BCUT2D eigenvalue weighted by molar-refractivity contribution is 8.15. The Bertz CT molecular complexity index is 1140. The summed E-state index contributed by atoms with van der Waals surface area (Å²) in [6.45, 7) is 3.83. The van der Waals surface area contributed by atoms with Crippen molar-refractivity contribution in [2.45, 2.75) is 37.4 Å². The fourth-order valence-electron chi connectivity index (χ4n) is 4.65. The van der Waals surface area contributed by atoms with E-state index in [-0.39, 0.29) is 24.1 Å². The van der Waals surface area contributed by atoms with E-state index in [4.69, 9.17) is 0 Å². The third-order valence-corrected chi connectivity index (χ3v) is 7.72. The minimum Gasteiger partial charge on any atom is -0.370 e. The Morgan fingerprint density at radius 2 is 1.54 bits per heavy atom. The third-order valence-electron chi connectivity index (χ3n) is 6.51. The lowest BCUT2D eigenvalue weighted by Crippen LogP contribution is -2.25. The van der Waals surface area contributed by atoms with Crippen molar-refractivity contribution >= 4 is 51.7 Å². The topological polar surface area (TPSA) is 94.1 Å². The van der Waals surface area contributed by atoms with Crippen LogP contribution in [0.25, 0.3) is 0 Å². The molecule has 3 aliphatic rings. The minimum absolute atomic E-state index is 0.0693. The van der Waals surface area contributed by atoms with Gasteiger partial charge < -0.3 is 20.4 Å². The van der Waals surface area contributed by atoms with Gasteiger partial charge >= 0.3 is 0 Å². The summed E-state index contributed by atoms with van der Waals surface area (Å²) >= 11 is 1.38. The average Bonchev–Trinajstić information content (AvgIpc) is 3.63. The van der Waals surface area contributed by atoms with E-state index in [1.165, 1.54) is 11.8 Å². The molecule has 35 heavy (non-hydrogen) atoms. The number of carbonyl (C=O) groups is 3. The van der Waals surface area contributed by atoms with Crippen molar-refractivity contribution in [1.82, 2.24) is 4.90 Å². The highest BCUT2D eigenvalue weighted by Gasteiger charge is 2.33. The molecule has 2 aromatic carbocycles. The molecule has 182 valence electrons. The van der Waals surface area contributed by atoms with Gasteiger partial charge in [-0.05, 0) is 62.1 Å². The van der Waals surface area contributed by atoms with Gasteiger partial charge in [0.25, 0.3) is 11.8 Å². The molecule has 3 amide bonds. The van der Waals surface area contributed by atoms with Crippen LogP contribution in [0, 0.1) is 0 Å². The largest absolute Gasteiger partial charge is 0.370 e. The van der Waals surface area contributed by atoms with Crippen molar-refractivity contribution in [2.24, 2.45) is 4.99 Å². The molecule has 1 atom stereocenters. The molecule has 0 aromatic heterocycles. The number of aliphatic imine (C=N–C) groups is 1. The third kappa shape index (κ3) is 5.51. The van der Waals surface area contributed by atoms with Crippen LogP contribution in [0.4, 0.5) is 17.1 Å². The van der Waals surface area contributed by atoms with Crippen LogP contribution < -0.4 is 15.5 Å². The zero-order valence-electron chi connectivity index (χ0n) is 19.5. The number of thioether (sulfide) groups is 1. The summed E-state index contributed by atoms with van der Waals surface area (Å²) in [7, 11) is 0. The highest BCUT2D eigenvalue weighted by Crippen LogP contribution is 2.30. The van der Waals surface area contributed by atoms with Gasteiger partial charge in [0.1, 0.15) is 5.25 Å². The molecule has 1 unspecified atom stereocenters. The molecule has 0 radical (unpaired) electrons. The number of hydrogen-bond donors (Lipinski definition) is 2. The number of amides is 3. The Balaban J connectivity index is 1.15. The molecule has 3 heterocycles. The van der Waals surface area contributed by atoms with E-state index in [0.29, 0.717) is 11.3 Å². The van der Waals surface area contributed by atoms with E-state index in [1.54, 1.807) is 24.3 Å². The predicted molar refractivity (Wildman–Crippen MR) is 140 cm³/mol. The first-order valence-electron chi connectivity index (χ1n) is 12.2. The lowest BCUT2D eigenvalue weighted by atomic mass is 10.1. The zero-order valence-corrected chi connectivity index (χ0v) is 20.4. The van der Waals surface area contributed by atoms with Crippen molar-refractivity contribution < 1.29 is 14.4 Å². The quantitative estimate of drug-likeness (QED) is 0.635. The van der Waals surface area contributed by atoms with Gasteiger partial charge in [0, 0.05) is 43.9 Å². The van der Waals surface area contributed by atoms with E-state index in [1.807, 2.05) is 24.3 Å². The standard InChI is InChI=1S/C26H29N5O3S/c32-23(17-22-25(34)29-26(35-22)31-15-5-6-16-31)27-19-11-9-18(10-12-19)24(33)28-20-7-1-2-8-21(20)30-13-3-4-14-30/h1-2,7-12,22H,3-6,13-17H2,(H,27,32)(H,28,33). The second kappa shape index (κ2) is 10.5. The summed E-state index contributed by atoms with van der Waals surface area (Å²) in [5.74, 6) is -0.687. The molecule has 5 rings (SSSR count). The monoisotopic (exact) mass is 491 g/mol. The van der Waals surface area contributed by atoms with Crippen LogP contribution in [0.1, 0.15) is 42.5 Å². The number of amidine groups is 1. The Kier molecular flexibility index (Phi) is 7.03. The molecular formula is C26H29N5O3S. The SMILES string of the molecule is O=C(CC1SC(N2CCCC2)=NC1=O)Nc1ccc(C(=O)Nc2ccccc2N2CCCC2)cc1. The first-order valence-corrected chi connectivity index (χ1v) is 13.0. The molecule has 2 fully saturated rings. The fraction of sp³-hybridized carbons (Fsp3) is 0.385. The summed E-state index contributed by atoms with van der Waals surface area (Å²) < 4.78 is 0. The molecule has 2 N–H and O–H groups in total. The number of nitrogens with zero attached hydrogens (tertiary/aromatic N) is 3. The fourth-order valence-corrected chi connectivity index (χ4v) is 5.76. The van der Waals surface area contributed by atoms with Crippen LogP contribution in [0.3, 0.4) is 0 Å².